The first-order chi connectivity index (χ1) is 9.29. The number of hydrogen-bond acceptors (Lipinski definition) is 1. The van der Waals surface area contributed by atoms with Crippen molar-refractivity contribution in [2.75, 3.05) is 6.54 Å². The predicted octanol–water partition coefficient (Wildman–Crippen LogP) is 3.12. The minimum absolute atomic E-state index is 0.175. The van der Waals surface area contributed by atoms with Gasteiger partial charge in [-0.15, -0.1) is 0 Å². The van der Waals surface area contributed by atoms with Crippen LogP contribution in [0, 0.1) is 5.92 Å². The molecule has 0 radical (unpaired) electrons. The first kappa shape index (κ1) is 11.5. The molecule has 19 heavy (non-hydrogen) atoms. The van der Waals surface area contributed by atoms with Crippen molar-refractivity contribution in [1.82, 2.24) is 4.90 Å². The fourth-order valence-electron chi connectivity index (χ4n) is 4.36. The number of likely N-dealkylation sites (tertiary alicyclic amines) is 1. The Morgan fingerprint density at radius 3 is 2.47 bits per heavy atom. The summed E-state index contributed by atoms with van der Waals surface area (Å²) in [4.78, 5) is 15.3. The van der Waals surface area contributed by atoms with Gasteiger partial charge in [-0.1, -0.05) is 36.8 Å². The molecule has 100 valence electrons. The van der Waals surface area contributed by atoms with Gasteiger partial charge in [0.05, 0.1) is 5.41 Å². The lowest BCUT2D eigenvalue weighted by molar-refractivity contribution is -0.142. The van der Waals surface area contributed by atoms with Crippen LogP contribution in [0.25, 0.3) is 0 Å². The number of amides is 1. The van der Waals surface area contributed by atoms with E-state index in [4.69, 9.17) is 0 Å². The van der Waals surface area contributed by atoms with Crippen molar-refractivity contribution in [3.8, 4) is 0 Å². The number of carbonyl (C=O) groups excluding carboxylic acids is 1. The number of hydrogen-bond donors (Lipinski definition) is 0. The van der Waals surface area contributed by atoms with Crippen LogP contribution in [0.2, 0.25) is 0 Å². The highest BCUT2D eigenvalue weighted by Crippen LogP contribution is 2.48. The van der Waals surface area contributed by atoms with Crippen LogP contribution in [0.5, 0.6) is 0 Å². The third-order valence-electron chi connectivity index (χ3n) is 5.61. The van der Waals surface area contributed by atoms with Gasteiger partial charge in [0.2, 0.25) is 5.91 Å². The van der Waals surface area contributed by atoms with Crippen molar-refractivity contribution >= 4 is 5.91 Å². The lowest BCUT2D eigenvalue weighted by atomic mass is 9.63. The van der Waals surface area contributed by atoms with E-state index in [1.165, 1.54) is 31.2 Å². The molecule has 2 nitrogen and oxygen atoms in total. The van der Waals surface area contributed by atoms with E-state index in [9.17, 15) is 4.79 Å². The SMILES string of the molecule is O=C(N1CC2CCC1C2)C1(c2ccccc2)CCC1. The predicted molar refractivity (Wildman–Crippen MR) is 74.8 cm³/mol. The molecule has 1 aromatic carbocycles. The molecule has 1 amide bonds. The Morgan fingerprint density at radius 1 is 1.16 bits per heavy atom. The van der Waals surface area contributed by atoms with E-state index in [1.54, 1.807) is 0 Å². The van der Waals surface area contributed by atoms with Crippen LogP contribution in [0.3, 0.4) is 0 Å². The Balaban J connectivity index is 1.64. The summed E-state index contributed by atoms with van der Waals surface area (Å²) in [5.74, 6) is 1.22. The summed E-state index contributed by atoms with van der Waals surface area (Å²) in [7, 11) is 0. The third kappa shape index (κ3) is 1.58. The van der Waals surface area contributed by atoms with Gasteiger partial charge in [-0.25, -0.2) is 0 Å². The van der Waals surface area contributed by atoms with Crippen molar-refractivity contribution in [3.63, 3.8) is 0 Å². The van der Waals surface area contributed by atoms with Crippen molar-refractivity contribution in [2.45, 2.75) is 50.0 Å². The summed E-state index contributed by atoms with van der Waals surface area (Å²) in [6, 6.07) is 11.0. The van der Waals surface area contributed by atoms with E-state index in [2.05, 4.69) is 29.2 Å². The summed E-state index contributed by atoms with van der Waals surface area (Å²) in [5.41, 5.74) is 1.07. The second-order valence-electron chi connectivity index (χ2n) is 6.59. The minimum atomic E-state index is -0.175. The van der Waals surface area contributed by atoms with Crippen molar-refractivity contribution in [2.24, 2.45) is 5.92 Å². The average Bonchev–Trinajstić information content (AvgIpc) is 3.01. The van der Waals surface area contributed by atoms with Crippen LogP contribution >= 0.6 is 0 Å². The Hall–Kier alpha value is -1.31. The second kappa shape index (κ2) is 4.09. The smallest absolute Gasteiger partial charge is 0.233 e. The second-order valence-corrected chi connectivity index (χ2v) is 6.59. The largest absolute Gasteiger partial charge is 0.339 e. The Morgan fingerprint density at radius 2 is 1.95 bits per heavy atom. The van der Waals surface area contributed by atoms with E-state index in [0.717, 1.165) is 25.3 Å². The monoisotopic (exact) mass is 255 g/mol. The molecule has 2 heteroatoms. The van der Waals surface area contributed by atoms with E-state index >= 15 is 0 Å². The molecule has 0 spiro atoms. The molecule has 0 N–H and O–H groups in total. The fourth-order valence-corrected chi connectivity index (χ4v) is 4.36. The number of benzene rings is 1. The standard InChI is InChI=1S/C17H21NO/c19-16(18-12-13-7-8-15(18)11-13)17(9-4-10-17)14-5-2-1-3-6-14/h1-3,5-6,13,15H,4,7-12H2. The first-order valence-corrected chi connectivity index (χ1v) is 7.66. The van der Waals surface area contributed by atoms with Crippen LogP contribution in [-0.4, -0.2) is 23.4 Å². The van der Waals surface area contributed by atoms with Crippen LogP contribution < -0.4 is 0 Å². The topological polar surface area (TPSA) is 20.3 Å². The van der Waals surface area contributed by atoms with Gasteiger partial charge in [-0.2, -0.15) is 0 Å². The van der Waals surface area contributed by atoms with E-state index < -0.39 is 0 Å². The zero-order chi connectivity index (χ0) is 12.9. The normalized spacial score (nSPS) is 31.3. The van der Waals surface area contributed by atoms with Crippen LogP contribution in [0.1, 0.15) is 44.1 Å². The van der Waals surface area contributed by atoms with E-state index in [1.807, 2.05) is 6.07 Å². The van der Waals surface area contributed by atoms with E-state index in [0.29, 0.717) is 11.9 Å². The number of rotatable bonds is 2. The quantitative estimate of drug-likeness (QED) is 0.795. The summed E-state index contributed by atoms with van der Waals surface area (Å²) in [6.07, 6.45) is 7.13. The van der Waals surface area contributed by atoms with Crippen molar-refractivity contribution in [1.29, 1.82) is 0 Å². The molecule has 2 bridgehead atoms. The number of nitrogens with zero attached hydrogens (tertiary/aromatic N) is 1. The molecule has 1 heterocycles. The van der Waals surface area contributed by atoms with Crippen molar-refractivity contribution < 1.29 is 4.79 Å². The molecule has 2 aliphatic carbocycles. The zero-order valence-electron chi connectivity index (χ0n) is 11.3. The van der Waals surface area contributed by atoms with Crippen LogP contribution in [0.4, 0.5) is 0 Å². The lowest BCUT2D eigenvalue weighted by Crippen LogP contribution is -2.53. The highest BCUT2D eigenvalue weighted by atomic mass is 16.2. The third-order valence-corrected chi connectivity index (χ3v) is 5.61. The zero-order valence-corrected chi connectivity index (χ0v) is 11.3. The minimum Gasteiger partial charge on any atom is -0.339 e. The summed E-state index contributed by atoms with van der Waals surface area (Å²) < 4.78 is 0. The van der Waals surface area contributed by atoms with E-state index in [-0.39, 0.29) is 5.41 Å². The van der Waals surface area contributed by atoms with Gasteiger partial charge in [0, 0.05) is 12.6 Å². The highest BCUT2D eigenvalue weighted by molar-refractivity contribution is 5.90. The molecule has 1 saturated heterocycles. The van der Waals surface area contributed by atoms with Gasteiger partial charge in [0.15, 0.2) is 0 Å². The lowest BCUT2D eigenvalue weighted by Gasteiger charge is -2.45. The molecular weight excluding hydrogens is 234 g/mol. The molecule has 1 aliphatic heterocycles. The number of fused-ring (bicyclic) bond motifs is 2. The summed E-state index contributed by atoms with van der Waals surface area (Å²) in [5, 5.41) is 0. The average molecular weight is 255 g/mol. The summed E-state index contributed by atoms with van der Waals surface area (Å²) in [6.45, 7) is 1.03. The highest BCUT2D eigenvalue weighted by Gasteiger charge is 2.51. The maximum Gasteiger partial charge on any atom is 0.233 e. The van der Waals surface area contributed by atoms with Gasteiger partial charge in [-0.3, -0.25) is 4.79 Å². The number of carbonyl (C=O) groups is 1. The molecule has 2 atom stereocenters. The van der Waals surface area contributed by atoms with Gasteiger partial charge in [-0.05, 0) is 43.6 Å². The fraction of sp³-hybridized carbons (Fsp3) is 0.588. The van der Waals surface area contributed by atoms with Crippen LogP contribution in [-0.2, 0) is 10.2 Å². The maximum absolute atomic E-state index is 13.1. The molecule has 0 aromatic heterocycles. The molecule has 3 aliphatic rings. The van der Waals surface area contributed by atoms with Crippen LogP contribution in [0.15, 0.2) is 30.3 Å². The summed E-state index contributed by atoms with van der Waals surface area (Å²) >= 11 is 0. The molecule has 2 unspecified atom stereocenters. The first-order valence-electron chi connectivity index (χ1n) is 7.66. The molecule has 2 saturated carbocycles. The van der Waals surface area contributed by atoms with Gasteiger partial charge in [0.1, 0.15) is 0 Å². The molecule has 3 fully saturated rings. The number of piperidine rings is 1. The Kier molecular flexibility index (Phi) is 2.48. The van der Waals surface area contributed by atoms with Gasteiger partial charge < -0.3 is 4.90 Å². The molecule has 4 rings (SSSR count). The van der Waals surface area contributed by atoms with Gasteiger partial charge in [0.25, 0.3) is 0 Å². The van der Waals surface area contributed by atoms with Gasteiger partial charge >= 0.3 is 0 Å². The molecular formula is C17H21NO. The maximum atomic E-state index is 13.1. The molecule has 1 aromatic rings. The Labute approximate surface area is 114 Å². The Bertz CT molecular complexity index is 491. The van der Waals surface area contributed by atoms with Crippen molar-refractivity contribution in [3.05, 3.63) is 35.9 Å².